The van der Waals surface area contributed by atoms with Crippen molar-refractivity contribution in [3.8, 4) is 22.1 Å². The molecule has 1 aliphatic rings. The van der Waals surface area contributed by atoms with Crippen molar-refractivity contribution in [2.75, 3.05) is 12.1 Å². The van der Waals surface area contributed by atoms with Crippen LogP contribution in [-0.2, 0) is 7.05 Å². The van der Waals surface area contributed by atoms with Crippen molar-refractivity contribution in [1.82, 2.24) is 9.55 Å². The Balaban J connectivity index is 1.38. The predicted octanol–water partition coefficient (Wildman–Crippen LogP) is 3.24. The molecular formula is C19H13N3O5S. The monoisotopic (exact) mass is 395 g/mol. The molecule has 1 aliphatic heterocycles. The zero-order valence-corrected chi connectivity index (χ0v) is 15.4. The number of hydrogen-bond donors (Lipinski definition) is 1. The Kier molecular flexibility index (Phi) is 3.69. The zero-order valence-electron chi connectivity index (χ0n) is 14.6. The van der Waals surface area contributed by atoms with E-state index in [1.54, 1.807) is 30.6 Å². The molecule has 140 valence electrons. The third-order valence-corrected chi connectivity index (χ3v) is 5.30. The van der Waals surface area contributed by atoms with Gasteiger partial charge in [0.05, 0.1) is 5.52 Å². The van der Waals surface area contributed by atoms with Crippen molar-refractivity contribution in [1.29, 1.82) is 0 Å². The average Bonchev–Trinajstić information content (AvgIpc) is 3.41. The molecule has 5 rings (SSSR count). The van der Waals surface area contributed by atoms with Crippen LogP contribution in [0.15, 0.2) is 51.0 Å². The van der Waals surface area contributed by atoms with E-state index >= 15 is 0 Å². The van der Waals surface area contributed by atoms with Crippen LogP contribution in [0.1, 0.15) is 10.5 Å². The minimum absolute atomic E-state index is 0.205. The van der Waals surface area contributed by atoms with Gasteiger partial charge in [-0.25, -0.2) is 9.78 Å². The van der Waals surface area contributed by atoms with Gasteiger partial charge in [-0.2, -0.15) is 0 Å². The Morgan fingerprint density at radius 2 is 2.04 bits per heavy atom. The van der Waals surface area contributed by atoms with Crippen LogP contribution in [0.5, 0.6) is 11.5 Å². The van der Waals surface area contributed by atoms with Crippen LogP contribution in [0.3, 0.4) is 0 Å². The van der Waals surface area contributed by atoms with Crippen LogP contribution in [0.2, 0.25) is 0 Å². The summed E-state index contributed by atoms with van der Waals surface area (Å²) < 4.78 is 17.2. The highest BCUT2D eigenvalue weighted by atomic mass is 32.1. The van der Waals surface area contributed by atoms with Gasteiger partial charge in [-0.05, 0) is 30.3 Å². The molecule has 8 nitrogen and oxygen atoms in total. The molecule has 2 aromatic carbocycles. The van der Waals surface area contributed by atoms with Gasteiger partial charge in [-0.15, -0.1) is 11.3 Å². The predicted molar refractivity (Wildman–Crippen MR) is 103 cm³/mol. The molecule has 0 aliphatic carbocycles. The first-order valence-electron chi connectivity index (χ1n) is 8.35. The Labute approximate surface area is 162 Å². The fraction of sp³-hybridized carbons (Fsp3) is 0.105. The van der Waals surface area contributed by atoms with Crippen molar-refractivity contribution < 1.29 is 18.7 Å². The molecule has 0 saturated carbocycles. The van der Waals surface area contributed by atoms with E-state index in [1.165, 1.54) is 15.9 Å². The second kappa shape index (κ2) is 6.24. The molecule has 0 radical (unpaired) electrons. The van der Waals surface area contributed by atoms with Gasteiger partial charge in [0, 0.05) is 29.7 Å². The highest BCUT2D eigenvalue weighted by molar-refractivity contribution is 7.13. The molecule has 4 aromatic rings. The highest BCUT2D eigenvalue weighted by Gasteiger charge is 2.17. The Hall–Kier alpha value is -3.59. The maximum atomic E-state index is 12.5. The summed E-state index contributed by atoms with van der Waals surface area (Å²) in [5, 5.41) is 5.17. The minimum atomic E-state index is -0.452. The lowest BCUT2D eigenvalue weighted by Crippen LogP contribution is -2.12. The average molecular weight is 395 g/mol. The van der Waals surface area contributed by atoms with Crippen LogP contribution >= 0.6 is 11.3 Å². The number of oxazole rings is 1. The van der Waals surface area contributed by atoms with Gasteiger partial charge in [0.1, 0.15) is 10.7 Å². The molecule has 0 atom stereocenters. The van der Waals surface area contributed by atoms with Crippen molar-refractivity contribution >= 4 is 34.0 Å². The van der Waals surface area contributed by atoms with Crippen LogP contribution in [0.4, 0.5) is 5.69 Å². The van der Waals surface area contributed by atoms with Gasteiger partial charge >= 0.3 is 5.76 Å². The molecule has 3 heterocycles. The number of nitrogens with zero attached hydrogens (tertiary/aromatic N) is 2. The molecule has 1 N–H and O–H groups in total. The van der Waals surface area contributed by atoms with Crippen LogP contribution in [0.25, 0.3) is 21.7 Å². The maximum absolute atomic E-state index is 12.5. The Morgan fingerprint density at radius 3 is 2.93 bits per heavy atom. The van der Waals surface area contributed by atoms with E-state index in [0.717, 1.165) is 5.56 Å². The van der Waals surface area contributed by atoms with Crippen molar-refractivity contribution in [2.45, 2.75) is 0 Å². The van der Waals surface area contributed by atoms with E-state index in [-0.39, 0.29) is 12.7 Å². The summed E-state index contributed by atoms with van der Waals surface area (Å²) in [7, 11) is 1.62. The Bertz CT molecular complexity index is 1290. The number of fused-ring (bicyclic) bond motifs is 2. The number of carbonyl (C=O) groups is 1. The molecule has 9 heteroatoms. The highest BCUT2D eigenvalue weighted by Crippen LogP contribution is 2.36. The lowest BCUT2D eigenvalue weighted by molar-refractivity contribution is 0.102. The number of ether oxygens (including phenoxy) is 2. The standard InChI is InChI=1S/C19H13N3O5S/c1-22-13-4-3-11(7-15(13)27-19(22)24)20-17(23)12-8-28-18(21-12)10-2-5-14-16(6-10)26-9-25-14/h2-8H,9H2,1H3,(H,20,23). The van der Waals surface area contributed by atoms with Crippen molar-refractivity contribution in [3.63, 3.8) is 0 Å². The fourth-order valence-electron chi connectivity index (χ4n) is 2.95. The first-order chi connectivity index (χ1) is 13.6. The van der Waals surface area contributed by atoms with Crippen LogP contribution in [0, 0.1) is 0 Å². The molecular weight excluding hydrogens is 382 g/mol. The van der Waals surface area contributed by atoms with E-state index in [2.05, 4.69) is 10.3 Å². The van der Waals surface area contributed by atoms with E-state index in [9.17, 15) is 9.59 Å². The lowest BCUT2D eigenvalue weighted by atomic mass is 10.2. The summed E-state index contributed by atoms with van der Waals surface area (Å²) in [6, 6.07) is 10.6. The third-order valence-electron chi connectivity index (χ3n) is 4.41. The number of amides is 1. The van der Waals surface area contributed by atoms with Gasteiger partial charge in [-0.1, -0.05) is 0 Å². The topological polar surface area (TPSA) is 95.6 Å². The number of thiazole rings is 1. The van der Waals surface area contributed by atoms with E-state index in [1.807, 2.05) is 18.2 Å². The second-order valence-electron chi connectivity index (χ2n) is 6.17. The van der Waals surface area contributed by atoms with Crippen molar-refractivity contribution in [2.24, 2.45) is 7.05 Å². The first kappa shape index (κ1) is 16.6. The van der Waals surface area contributed by atoms with Gasteiger partial charge in [0.15, 0.2) is 17.1 Å². The quantitative estimate of drug-likeness (QED) is 0.572. The van der Waals surface area contributed by atoms with Gasteiger partial charge in [-0.3, -0.25) is 9.36 Å². The van der Waals surface area contributed by atoms with Gasteiger partial charge < -0.3 is 19.2 Å². The molecule has 0 spiro atoms. The van der Waals surface area contributed by atoms with Gasteiger partial charge in [0.2, 0.25) is 6.79 Å². The Morgan fingerprint density at radius 1 is 1.18 bits per heavy atom. The summed E-state index contributed by atoms with van der Waals surface area (Å²) in [6.45, 7) is 0.205. The summed E-state index contributed by atoms with van der Waals surface area (Å²) in [5.74, 6) is 0.560. The van der Waals surface area contributed by atoms with E-state index in [0.29, 0.717) is 39.0 Å². The summed E-state index contributed by atoms with van der Waals surface area (Å²) in [6.07, 6.45) is 0. The lowest BCUT2D eigenvalue weighted by Gasteiger charge is -2.03. The third kappa shape index (κ3) is 2.72. The van der Waals surface area contributed by atoms with Crippen molar-refractivity contribution in [3.05, 3.63) is 58.0 Å². The number of benzene rings is 2. The molecule has 0 unspecified atom stereocenters. The number of hydrogen-bond acceptors (Lipinski definition) is 7. The van der Waals surface area contributed by atoms with E-state index < -0.39 is 5.76 Å². The number of aryl methyl sites for hydroxylation is 1. The zero-order chi connectivity index (χ0) is 19.3. The van der Waals surface area contributed by atoms with Gasteiger partial charge in [0.25, 0.3) is 5.91 Å². The summed E-state index contributed by atoms with van der Waals surface area (Å²) >= 11 is 1.36. The number of rotatable bonds is 3. The first-order valence-corrected chi connectivity index (χ1v) is 9.23. The smallest absolute Gasteiger partial charge is 0.419 e. The molecule has 0 fully saturated rings. The second-order valence-corrected chi connectivity index (χ2v) is 7.03. The molecule has 2 aromatic heterocycles. The fourth-order valence-corrected chi connectivity index (χ4v) is 3.74. The molecule has 0 bridgehead atoms. The summed E-state index contributed by atoms with van der Waals surface area (Å²) in [5.41, 5.74) is 2.73. The minimum Gasteiger partial charge on any atom is -0.454 e. The van der Waals surface area contributed by atoms with Crippen LogP contribution < -0.4 is 20.5 Å². The SMILES string of the molecule is Cn1c(=O)oc2cc(NC(=O)c3csc(-c4ccc5c(c4)OCO5)n3)ccc21. The number of aromatic nitrogens is 2. The number of anilines is 1. The van der Waals surface area contributed by atoms with E-state index in [4.69, 9.17) is 13.9 Å². The maximum Gasteiger partial charge on any atom is 0.419 e. The van der Waals surface area contributed by atoms with Crippen LogP contribution in [-0.4, -0.2) is 22.3 Å². The number of carbonyl (C=O) groups excluding carboxylic acids is 1. The summed E-state index contributed by atoms with van der Waals surface area (Å²) in [4.78, 5) is 28.5. The molecule has 0 saturated heterocycles. The molecule has 28 heavy (non-hydrogen) atoms. The largest absolute Gasteiger partial charge is 0.454 e. The number of nitrogens with one attached hydrogen (secondary N) is 1. The normalized spacial score (nSPS) is 12.5. The molecule has 1 amide bonds.